The molecule has 3 rings (SSSR count). The Morgan fingerprint density at radius 3 is 2.59 bits per heavy atom. The van der Waals surface area contributed by atoms with Gasteiger partial charge in [0.25, 0.3) is 5.56 Å². The quantitative estimate of drug-likeness (QED) is 0.636. The first-order valence-electron chi connectivity index (χ1n) is 8.61. The maximum Gasteiger partial charge on any atom is 0.276 e. The molecular formula is C18H21N5O3S. The van der Waals surface area contributed by atoms with Crippen molar-refractivity contribution in [3.63, 3.8) is 0 Å². The lowest BCUT2D eigenvalue weighted by molar-refractivity contribution is 0.594. The van der Waals surface area contributed by atoms with Crippen LogP contribution in [0.3, 0.4) is 0 Å². The molecule has 3 aromatic rings. The molecule has 3 aromatic heterocycles. The fourth-order valence-electron chi connectivity index (χ4n) is 2.81. The summed E-state index contributed by atoms with van der Waals surface area (Å²) in [6.07, 6.45) is 7.56. The van der Waals surface area contributed by atoms with E-state index in [-0.39, 0.29) is 10.5 Å². The van der Waals surface area contributed by atoms with Crippen molar-refractivity contribution in [1.82, 2.24) is 19.7 Å². The largest absolute Gasteiger partial charge is 0.296 e. The summed E-state index contributed by atoms with van der Waals surface area (Å²) in [5.74, 6) is 0.333. The van der Waals surface area contributed by atoms with E-state index >= 15 is 0 Å². The van der Waals surface area contributed by atoms with Gasteiger partial charge in [0.1, 0.15) is 4.90 Å². The zero-order valence-corrected chi connectivity index (χ0v) is 15.7. The predicted octanol–water partition coefficient (Wildman–Crippen LogP) is 1.54. The summed E-state index contributed by atoms with van der Waals surface area (Å²) in [7, 11) is -3.87. The van der Waals surface area contributed by atoms with Crippen molar-refractivity contribution in [1.29, 1.82) is 0 Å². The molecule has 0 amide bonds. The highest BCUT2D eigenvalue weighted by Crippen LogP contribution is 2.17. The Bertz CT molecular complexity index is 1090. The third-order valence-corrected chi connectivity index (χ3v) is 5.19. The van der Waals surface area contributed by atoms with Crippen LogP contribution in [0.25, 0.3) is 5.82 Å². The number of aryl methyl sites for hydroxylation is 1. The first-order chi connectivity index (χ1) is 12.9. The first-order valence-corrected chi connectivity index (χ1v) is 10.2. The number of hydrogen-bond donors (Lipinski definition) is 2. The average molecular weight is 387 g/mol. The Hall–Kier alpha value is -2.78. The molecule has 0 atom stereocenters. The summed E-state index contributed by atoms with van der Waals surface area (Å²) >= 11 is 0. The molecule has 0 aliphatic carbocycles. The molecule has 0 saturated carbocycles. The molecule has 0 unspecified atom stereocenters. The Morgan fingerprint density at radius 2 is 1.93 bits per heavy atom. The van der Waals surface area contributed by atoms with Gasteiger partial charge in [-0.15, -0.1) is 0 Å². The Morgan fingerprint density at radius 1 is 1.19 bits per heavy atom. The standard InChI is InChI=1S/C18H21N5O3S/c1-2-3-4-15-16(27(19,25)26)5-6-17(22-15)23-18(24)14(12-21-23)11-13-7-9-20-10-8-13/h5-10,12,21H,2-4,11H2,1H3,(H2,19,25,26). The third-order valence-electron chi connectivity index (χ3n) is 4.21. The number of unbranched alkanes of at least 4 members (excludes halogenated alkanes) is 1. The van der Waals surface area contributed by atoms with Crippen LogP contribution in [0.4, 0.5) is 0 Å². The Balaban J connectivity index is 1.98. The van der Waals surface area contributed by atoms with Gasteiger partial charge in [-0.05, 0) is 42.7 Å². The smallest absolute Gasteiger partial charge is 0.276 e. The van der Waals surface area contributed by atoms with E-state index in [4.69, 9.17) is 5.14 Å². The van der Waals surface area contributed by atoms with Crippen molar-refractivity contribution >= 4 is 10.0 Å². The van der Waals surface area contributed by atoms with Crippen molar-refractivity contribution < 1.29 is 8.42 Å². The van der Waals surface area contributed by atoms with Crippen LogP contribution in [0.2, 0.25) is 0 Å². The van der Waals surface area contributed by atoms with Gasteiger partial charge in [0.2, 0.25) is 10.0 Å². The van der Waals surface area contributed by atoms with Gasteiger partial charge in [-0.3, -0.25) is 14.9 Å². The zero-order chi connectivity index (χ0) is 19.4. The van der Waals surface area contributed by atoms with Gasteiger partial charge in [-0.1, -0.05) is 13.3 Å². The third kappa shape index (κ3) is 4.32. The monoisotopic (exact) mass is 387 g/mol. The van der Waals surface area contributed by atoms with Crippen LogP contribution in [-0.2, 0) is 22.9 Å². The van der Waals surface area contributed by atoms with Gasteiger partial charge in [0.05, 0.1) is 5.69 Å². The fourth-order valence-corrected chi connectivity index (χ4v) is 3.54. The van der Waals surface area contributed by atoms with Crippen LogP contribution in [-0.4, -0.2) is 28.2 Å². The van der Waals surface area contributed by atoms with Crippen molar-refractivity contribution in [2.24, 2.45) is 5.14 Å². The van der Waals surface area contributed by atoms with Gasteiger partial charge in [-0.2, -0.15) is 0 Å². The number of aromatic nitrogens is 4. The van der Waals surface area contributed by atoms with Gasteiger partial charge >= 0.3 is 0 Å². The van der Waals surface area contributed by atoms with Crippen LogP contribution in [0.5, 0.6) is 0 Å². The molecule has 0 aromatic carbocycles. The van der Waals surface area contributed by atoms with E-state index in [9.17, 15) is 13.2 Å². The maximum atomic E-state index is 12.7. The molecule has 0 aliphatic heterocycles. The van der Waals surface area contributed by atoms with Crippen molar-refractivity contribution in [2.45, 2.75) is 37.5 Å². The summed E-state index contributed by atoms with van der Waals surface area (Å²) < 4.78 is 24.9. The van der Waals surface area contributed by atoms with E-state index in [1.165, 1.54) is 16.8 Å². The lowest BCUT2D eigenvalue weighted by Gasteiger charge is -2.09. The Kier molecular flexibility index (Phi) is 5.52. The second-order valence-electron chi connectivity index (χ2n) is 6.23. The molecule has 0 fully saturated rings. The summed E-state index contributed by atoms with van der Waals surface area (Å²) in [5, 5.41) is 8.19. The SMILES string of the molecule is CCCCc1nc(-n2[nH]cc(Cc3ccncc3)c2=O)ccc1S(N)(=O)=O. The molecule has 9 heteroatoms. The molecule has 3 heterocycles. The summed E-state index contributed by atoms with van der Waals surface area (Å²) in [5.41, 5.74) is 1.68. The summed E-state index contributed by atoms with van der Waals surface area (Å²) in [4.78, 5) is 21.1. The molecule has 8 nitrogen and oxygen atoms in total. The molecule has 27 heavy (non-hydrogen) atoms. The first kappa shape index (κ1) is 19.0. The molecule has 0 bridgehead atoms. The van der Waals surface area contributed by atoms with E-state index in [0.29, 0.717) is 29.9 Å². The topological polar surface area (TPSA) is 124 Å². The number of nitrogens with two attached hydrogens (primary N) is 1. The minimum atomic E-state index is -3.87. The highest BCUT2D eigenvalue weighted by molar-refractivity contribution is 7.89. The molecular weight excluding hydrogens is 366 g/mol. The normalized spacial score (nSPS) is 11.6. The second-order valence-corrected chi connectivity index (χ2v) is 7.76. The van der Waals surface area contributed by atoms with E-state index in [0.717, 1.165) is 18.4 Å². The van der Waals surface area contributed by atoms with Gasteiger partial charge in [-0.25, -0.2) is 23.2 Å². The van der Waals surface area contributed by atoms with Crippen molar-refractivity contribution in [3.05, 3.63) is 70.0 Å². The second kappa shape index (κ2) is 7.85. The summed E-state index contributed by atoms with van der Waals surface area (Å²) in [6, 6.07) is 6.57. The highest BCUT2D eigenvalue weighted by Gasteiger charge is 2.17. The molecule has 142 valence electrons. The molecule has 0 aliphatic rings. The number of H-pyrrole nitrogens is 1. The number of sulfonamides is 1. The minimum Gasteiger partial charge on any atom is -0.296 e. The van der Waals surface area contributed by atoms with Crippen molar-refractivity contribution in [2.75, 3.05) is 0 Å². The lowest BCUT2D eigenvalue weighted by atomic mass is 10.1. The fraction of sp³-hybridized carbons (Fsp3) is 0.278. The van der Waals surface area contributed by atoms with Gasteiger partial charge in [0, 0.05) is 30.6 Å². The average Bonchev–Trinajstić information content (AvgIpc) is 3.00. The van der Waals surface area contributed by atoms with E-state index < -0.39 is 10.0 Å². The number of hydrogen-bond acceptors (Lipinski definition) is 5. The number of nitrogens with zero attached hydrogens (tertiary/aromatic N) is 3. The lowest BCUT2D eigenvalue weighted by Crippen LogP contribution is -2.21. The van der Waals surface area contributed by atoms with E-state index in [2.05, 4.69) is 15.1 Å². The maximum absolute atomic E-state index is 12.7. The van der Waals surface area contributed by atoms with E-state index in [1.54, 1.807) is 18.6 Å². The van der Waals surface area contributed by atoms with Crippen molar-refractivity contribution in [3.8, 4) is 5.82 Å². The molecule has 0 saturated heterocycles. The number of aromatic amines is 1. The Labute approximate surface area is 157 Å². The predicted molar refractivity (Wildman–Crippen MR) is 101 cm³/mol. The molecule has 3 N–H and O–H groups in total. The van der Waals surface area contributed by atoms with Gasteiger partial charge < -0.3 is 0 Å². The zero-order valence-electron chi connectivity index (χ0n) is 14.9. The molecule has 0 radical (unpaired) electrons. The summed E-state index contributed by atoms with van der Waals surface area (Å²) in [6.45, 7) is 2.00. The van der Waals surface area contributed by atoms with Crippen LogP contribution < -0.4 is 10.7 Å². The van der Waals surface area contributed by atoms with Crippen LogP contribution in [0.1, 0.15) is 36.6 Å². The number of rotatable bonds is 7. The van der Waals surface area contributed by atoms with Crippen LogP contribution in [0.15, 0.2) is 52.5 Å². The van der Waals surface area contributed by atoms with Crippen LogP contribution in [0, 0.1) is 0 Å². The minimum absolute atomic E-state index is 0.00341. The van der Waals surface area contributed by atoms with Crippen LogP contribution >= 0.6 is 0 Å². The number of primary sulfonamides is 1. The molecule has 0 spiro atoms. The van der Waals surface area contributed by atoms with Gasteiger partial charge in [0.15, 0.2) is 5.82 Å². The number of nitrogens with one attached hydrogen (secondary N) is 1. The highest BCUT2D eigenvalue weighted by atomic mass is 32.2. The van der Waals surface area contributed by atoms with E-state index in [1.807, 2.05) is 19.1 Å². The number of pyridine rings is 2.